The predicted octanol–water partition coefficient (Wildman–Crippen LogP) is 3.83. The van der Waals surface area contributed by atoms with Crippen molar-refractivity contribution in [1.29, 1.82) is 0 Å². The van der Waals surface area contributed by atoms with Crippen LogP contribution in [0, 0.1) is 17.7 Å². The van der Waals surface area contributed by atoms with Crippen LogP contribution in [-0.4, -0.2) is 12.6 Å². The highest BCUT2D eigenvalue weighted by molar-refractivity contribution is 5.86. The average molecular weight is 332 g/mol. The van der Waals surface area contributed by atoms with Gasteiger partial charge < -0.3 is 10.6 Å². The molecule has 3 nitrogen and oxygen atoms in total. The van der Waals surface area contributed by atoms with Crippen molar-refractivity contribution in [3.8, 4) is 11.8 Å². The lowest BCUT2D eigenvalue weighted by molar-refractivity contribution is 0.241. The zero-order valence-electron chi connectivity index (χ0n) is 13.6. The summed E-state index contributed by atoms with van der Waals surface area (Å²) in [4.78, 5) is 11.9. The largest absolute Gasteiger partial charge is 0.334 e. The molecule has 0 spiro atoms. The molecule has 3 aromatic carbocycles. The first-order valence-corrected chi connectivity index (χ1v) is 7.96. The molecule has 0 aliphatic heterocycles. The van der Waals surface area contributed by atoms with Crippen molar-refractivity contribution in [3.05, 3.63) is 83.7 Å². The highest BCUT2D eigenvalue weighted by atomic mass is 19.1. The van der Waals surface area contributed by atoms with Crippen LogP contribution < -0.4 is 10.6 Å². The second-order valence-electron chi connectivity index (χ2n) is 5.46. The van der Waals surface area contributed by atoms with Crippen LogP contribution >= 0.6 is 0 Å². The quantitative estimate of drug-likeness (QED) is 0.703. The first kappa shape index (κ1) is 16.5. The zero-order chi connectivity index (χ0) is 17.5. The lowest BCUT2D eigenvalue weighted by Crippen LogP contribution is -2.35. The third-order valence-corrected chi connectivity index (χ3v) is 3.75. The number of carbonyl (C=O) groups excluding carboxylic acids is 1. The molecule has 3 rings (SSSR count). The molecule has 0 unspecified atom stereocenters. The van der Waals surface area contributed by atoms with Crippen molar-refractivity contribution in [3.63, 3.8) is 0 Å². The zero-order valence-corrected chi connectivity index (χ0v) is 13.6. The van der Waals surface area contributed by atoms with Gasteiger partial charge in [-0.2, -0.15) is 0 Å². The molecule has 0 radical (unpaired) electrons. The van der Waals surface area contributed by atoms with E-state index in [4.69, 9.17) is 0 Å². The van der Waals surface area contributed by atoms with Crippen molar-refractivity contribution in [2.75, 3.05) is 6.54 Å². The Hall–Kier alpha value is -3.32. The van der Waals surface area contributed by atoms with E-state index in [1.165, 1.54) is 6.07 Å². The van der Waals surface area contributed by atoms with Gasteiger partial charge in [-0.05, 0) is 28.5 Å². The fourth-order valence-corrected chi connectivity index (χ4v) is 2.51. The molecule has 0 saturated heterocycles. The van der Waals surface area contributed by atoms with E-state index in [9.17, 15) is 9.18 Å². The van der Waals surface area contributed by atoms with Crippen molar-refractivity contribution in [2.24, 2.45) is 0 Å². The van der Waals surface area contributed by atoms with E-state index in [0.29, 0.717) is 12.1 Å². The molecule has 0 atom stereocenters. The van der Waals surface area contributed by atoms with E-state index in [1.54, 1.807) is 18.2 Å². The van der Waals surface area contributed by atoms with E-state index in [-0.39, 0.29) is 18.4 Å². The van der Waals surface area contributed by atoms with E-state index in [2.05, 4.69) is 22.5 Å². The molecule has 124 valence electrons. The summed E-state index contributed by atoms with van der Waals surface area (Å²) < 4.78 is 13.4. The molecule has 3 aromatic rings. The van der Waals surface area contributed by atoms with Gasteiger partial charge in [-0.25, -0.2) is 9.18 Å². The molecule has 2 amide bonds. The number of fused-ring (bicyclic) bond motifs is 1. The Morgan fingerprint density at radius 2 is 1.68 bits per heavy atom. The van der Waals surface area contributed by atoms with Crippen LogP contribution in [0.5, 0.6) is 0 Å². The number of hydrogen-bond acceptors (Lipinski definition) is 1. The number of nitrogens with one attached hydrogen (secondary N) is 2. The molecule has 0 aromatic heterocycles. The smallest absolute Gasteiger partial charge is 0.315 e. The molecule has 0 aliphatic carbocycles. The Morgan fingerprint density at radius 1 is 0.920 bits per heavy atom. The van der Waals surface area contributed by atoms with Crippen molar-refractivity contribution < 1.29 is 9.18 Å². The van der Waals surface area contributed by atoms with Crippen LogP contribution in [0.25, 0.3) is 10.8 Å². The van der Waals surface area contributed by atoms with Crippen LogP contribution in [0.4, 0.5) is 9.18 Å². The van der Waals surface area contributed by atoms with E-state index >= 15 is 0 Å². The van der Waals surface area contributed by atoms with Crippen LogP contribution in [0.3, 0.4) is 0 Å². The molecular weight excluding hydrogens is 315 g/mol. The minimum Gasteiger partial charge on any atom is -0.334 e. The summed E-state index contributed by atoms with van der Waals surface area (Å²) >= 11 is 0. The van der Waals surface area contributed by atoms with Crippen molar-refractivity contribution in [2.45, 2.75) is 6.54 Å². The number of amides is 2. The van der Waals surface area contributed by atoms with Gasteiger partial charge in [0.15, 0.2) is 0 Å². The molecular formula is C21H17FN2O. The Kier molecular flexibility index (Phi) is 5.28. The number of rotatable bonds is 3. The molecule has 4 heteroatoms. The van der Waals surface area contributed by atoms with E-state index in [0.717, 1.165) is 16.3 Å². The van der Waals surface area contributed by atoms with Crippen molar-refractivity contribution in [1.82, 2.24) is 10.6 Å². The number of benzene rings is 3. The molecule has 0 heterocycles. The number of halogens is 1. The van der Waals surface area contributed by atoms with Gasteiger partial charge >= 0.3 is 6.03 Å². The third kappa shape index (κ3) is 4.36. The first-order chi connectivity index (χ1) is 12.2. The van der Waals surface area contributed by atoms with Gasteiger partial charge in [0.1, 0.15) is 5.82 Å². The Labute approximate surface area is 145 Å². The summed E-state index contributed by atoms with van der Waals surface area (Å²) in [7, 11) is 0. The van der Waals surface area contributed by atoms with E-state index in [1.807, 2.05) is 42.5 Å². The van der Waals surface area contributed by atoms with Crippen LogP contribution in [-0.2, 0) is 6.54 Å². The van der Waals surface area contributed by atoms with Gasteiger partial charge in [-0.1, -0.05) is 66.4 Å². The number of hydrogen-bond donors (Lipinski definition) is 2. The van der Waals surface area contributed by atoms with Crippen molar-refractivity contribution >= 4 is 16.8 Å². The van der Waals surface area contributed by atoms with Crippen LogP contribution in [0.2, 0.25) is 0 Å². The highest BCUT2D eigenvalue weighted by Crippen LogP contribution is 2.18. The van der Waals surface area contributed by atoms with Gasteiger partial charge in [0, 0.05) is 6.54 Å². The van der Waals surface area contributed by atoms with Crippen LogP contribution in [0.15, 0.2) is 66.7 Å². The summed E-state index contributed by atoms with van der Waals surface area (Å²) in [6, 6.07) is 20.0. The Bertz CT molecular complexity index is 951. The fraction of sp³-hybridized carbons (Fsp3) is 0.0952. The third-order valence-electron chi connectivity index (χ3n) is 3.75. The number of carbonyl (C=O) groups is 1. The maximum atomic E-state index is 13.4. The average Bonchev–Trinajstić information content (AvgIpc) is 2.65. The fourth-order valence-electron chi connectivity index (χ4n) is 2.51. The van der Waals surface area contributed by atoms with E-state index < -0.39 is 0 Å². The standard InChI is InChI=1S/C21H17FN2O/c22-20-13-4-2-8-17(20)11-6-14-23-21(25)24-15-18-10-5-9-16-7-1-3-12-19(16)18/h1-5,7-10,12-13H,14-15H2,(H2,23,24,25). The van der Waals surface area contributed by atoms with Gasteiger partial charge in [0.25, 0.3) is 0 Å². The number of urea groups is 1. The minimum atomic E-state index is -0.365. The topological polar surface area (TPSA) is 41.1 Å². The molecule has 25 heavy (non-hydrogen) atoms. The van der Waals surface area contributed by atoms with Gasteiger partial charge in [0.2, 0.25) is 0 Å². The SMILES string of the molecule is O=C(NCC#Cc1ccccc1F)NCc1cccc2ccccc12. The first-order valence-electron chi connectivity index (χ1n) is 7.96. The highest BCUT2D eigenvalue weighted by Gasteiger charge is 2.02. The lowest BCUT2D eigenvalue weighted by Gasteiger charge is -2.08. The lowest BCUT2D eigenvalue weighted by atomic mass is 10.0. The summed E-state index contributed by atoms with van der Waals surface area (Å²) in [6.45, 7) is 0.573. The molecule has 2 N–H and O–H groups in total. The molecule has 0 fully saturated rings. The minimum absolute atomic E-state index is 0.149. The summed E-state index contributed by atoms with van der Waals surface area (Å²) in [5.74, 6) is 5.07. The molecule has 0 saturated carbocycles. The van der Waals surface area contributed by atoms with Gasteiger partial charge in [0.05, 0.1) is 12.1 Å². The molecule has 0 aliphatic rings. The van der Waals surface area contributed by atoms with Gasteiger partial charge in [-0.15, -0.1) is 0 Å². The Balaban J connectivity index is 1.53. The predicted molar refractivity (Wildman–Crippen MR) is 97.5 cm³/mol. The monoisotopic (exact) mass is 332 g/mol. The normalized spacial score (nSPS) is 9.96. The second kappa shape index (κ2) is 7.98. The summed E-state index contributed by atoms with van der Waals surface area (Å²) in [5, 5.41) is 7.71. The summed E-state index contributed by atoms with van der Waals surface area (Å²) in [6.07, 6.45) is 0. The van der Waals surface area contributed by atoms with Crippen LogP contribution in [0.1, 0.15) is 11.1 Å². The summed E-state index contributed by atoms with van der Waals surface area (Å²) in [5.41, 5.74) is 1.37. The Morgan fingerprint density at radius 3 is 2.56 bits per heavy atom. The molecule has 0 bridgehead atoms. The maximum absolute atomic E-state index is 13.4. The maximum Gasteiger partial charge on any atom is 0.315 e. The van der Waals surface area contributed by atoms with Gasteiger partial charge in [-0.3, -0.25) is 0 Å². The second-order valence-corrected chi connectivity index (χ2v) is 5.46.